The van der Waals surface area contributed by atoms with Crippen molar-refractivity contribution in [2.45, 2.75) is 27.2 Å². The number of amides is 1. The maximum Gasteiger partial charge on any atom is 0.225 e. The number of rotatable bonds is 9. The summed E-state index contributed by atoms with van der Waals surface area (Å²) in [5.74, 6) is 0.995. The van der Waals surface area contributed by atoms with Crippen LogP contribution in [0.25, 0.3) is 0 Å². The summed E-state index contributed by atoms with van der Waals surface area (Å²) in [6.45, 7) is 8.74. The fourth-order valence-electron chi connectivity index (χ4n) is 1.55. The molecule has 0 aliphatic rings. The van der Waals surface area contributed by atoms with Gasteiger partial charge in [0.05, 0.1) is 0 Å². The lowest BCUT2D eigenvalue weighted by molar-refractivity contribution is -0.129. The average molecular weight is 278 g/mol. The van der Waals surface area contributed by atoms with Crippen LogP contribution >= 0.6 is 0 Å². The van der Waals surface area contributed by atoms with Crippen molar-refractivity contribution in [3.8, 4) is 5.75 Å². The van der Waals surface area contributed by atoms with E-state index in [-0.39, 0.29) is 11.3 Å². The van der Waals surface area contributed by atoms with Crippen molar-refractivity contribution in [3.05, 3.63) is 30.3 Å². The van der Waals surface area contributed by atoms with Gasteiger partial charge in [0.25, 0.3) is 0 Å². The first kappa shape index (κ1) is 16.5. The van der Waals surface area contributed by atoms with Gasteiger partial charge < -0.3 is 15.4 Å². The Morgan fingerprint density at radius 2 is 1.85 bits per heavy atom. The second-order valence-corrected chi connectivity index (χ2v) is 5.40. The van der Waals surface area contributed by atoms with E-state index in [1.165, 1.54) is 0 Å². The minimum atomic E-state index is -0.281. The lowest BCUT2D eigenvalue weighted by Crippen LogP contribution is -2.40. The average Bonchev–Trinajstić information content (AvgIpc) is 2.47. The molecule has 0 heterocycles. The number of benzene rings is 1. The van der Waals surface area contributed by atoms with E-state index in [1.54, 1.807) is 0 Å². The summed E-state index contributed by atoms with van der Waals surface area (Å²) in [4.78, 5) is 11.8. The van der Waals surface area contributed by atoms with Crippen molar-refractivity contribution in [2.75, 3.05) is 26.2 Å². The Labute approximate surface area is 121 Å². The topological polar surface area (TPSA) is 50.4 Å². The number of carbonyl (C=O) groups excluding carboxylic acids is 1. The number of nitrogens with one attached hydrogen (secondary N) is 2. The molecule has 1 aromatic rings. The molecule has 0 fully saturated rings. The molecular formula is C16H26N2O2. The monoisotopic (exact) mass is 278 g/mol. The molecule has 0 unspecified atom stereocenters. The van der Waals surface area contributed by atoms with Gasteiger partial charge in [-0.25, -0.2) is 0 Å². The number of carbonyl (C=O) groups is 1. The predicted octanol–water partition coefficient (Wildman–Crippen LogP) is 2.21. The molecule has 1 amide bonds. The highest BCUT2D eigenvalue weighted by molar-refractivity contribution is 5.81. The maximum absolute atomic E-state index is 11.8. The lowest BCUT2D eigenvalue weighted by Gasteiger charge is -2.21. The second-order valence-electron chi connectivity index (χ2n) is 5.40. The van der Waals surface area contributed by atoms with E-state index < -0.39 is 0 Å². The normalized spacial score (nSPS) is 11.2. The molecule has 4 heteroatoms. The Morgan fingerprint density at radius 1 is 1.15 bits per heavy atom. The molecule has 20 heavy (non-hydrogen) atoms. The highest BCUT2D eigenvalue weighted by Gasteiger charge is 2.24. The SMILES string of the molecule is CCC(C)(C)C(=O)NCCNCCOc1ccccc1. The van der Waals surface area contributed by atoms with Crippen LogP contribution in [0.2, 0.25) is 0 Å². The second kappa shape index (κ2) is 8.59. The van der Waals surface area contributed by atoms with Crippen LogP contribution < -0.4 is 15.4 Å². The Balaban J connectivity index is 2.02. The summed E-state index contributed by atoms with van der Waals surface area (Å²) in [6, 6.07) is 9.74. The summed E-state index contributed by atoms with van der Waals surface area (Å²) >= 11 is 0. The van der Waals surface area contributed by atoms with Gasteiger partial charge in [0.1, 0.15) is 12.4 Å². The highest BCUT2D eigenvalue weighted by Crippen LogP contribution is 2.18. The Kier molecular flexibility index (Phi) is 7.09. The van der Waals surface area contributed by atoms with E-state index in [9.17, 15) is 4.79 Å². The van der Waals surface area contributed by atoms with Crippen molar-refractivity contribution in [1.82, 2.24) is 10.6 Å². The third-order valence-electron chi connectivity index (χ3n) is 3.38. The molecule has 0 aliphatic heterocycles. The third-order valence-corrected chi connectivity index (χ3v) is 3.38. The number of ether oxygens (including phenoxy) is 1. The van der Waals surface area contributed by atoms with E-state index in [0.717, 1.165) is 25.3 Å². The van der Waals surface area contributed by atoms with Gasteiger partial charge in [-0.05, 0) is 18.6 Å². The van der Waals surface area contributed by atoms with Crippen molar-refractivity contribution in [1.29, 1.82) is 0 Å². The quantitative estimate of drug-likeness (QED) is 0.681. The number of para-hydroxylation sites is 1. The predicted molar refractivity (Wildman–Crippen MR) is 81.9 cm³/mol. The standard InChI is InChI=1S/C16H26N2O2/c1-4-16(2,3)15(19)18-11-10-17-12-13-20-14-8-6-5-7-9-14/h5-9,17H,4,10-13H2,1-3H3,(H,18,19). The zero-order valence-corrected chi connectivity index (χ0v) is 12.7. The van der Waals surface area contributed by atoms with Crippen molar-refractivity contribution >= 4 is 5.91 Å². The number of hydrogen-bond acceptors (Lipinski definition) is 3. The van der Waals surface area contributed by atoms with Gasteiger partial charge >= 0.3 is 0 Å². The van der Waals surface area contributed by atoms with E-state index in [4.69, 9.17) is 4.74 Å². The summed E-state index contributed by atoms with van der Waals surface area (Å²) in [5, 5.41) is 6.18. The molecule has 2 N–H and O–H groups in total. The Morgan fingerprint density at radius 3 is 2.50 bits per heavy atom. The van der Waals surface area contributed by atoms with Crippen LogP contribution in [-0.4, -0.2) is 32.1 Å². The molecule has 0 aromatic heterocycles. The van der Waals surface area contributed by atoms with E-state index >= 15 is 0 Å². The fourth-order valence-corrected chi connectivity index (χ4v) is 1.55. The summed E-state index contributed by atoms with van der Waals surface area (Å²) in [7, 11) is 0. The highest BCUT2D eigenvalue weighted by atomic mass is 16.5. The van der Waals surface area contributed by atoms with Crippen molar-refractivity contribution in [3.63, 3.8) is 0 Å². The first-order valence-corrected chi connectivity index (χ1v) is 7.23. The smallest absolute Gasteiger partial charge is 0.225 e. The lowest BCUT2D eigenvalue weighted by atomic mass is 9.89. The summed E-state index contributed by atoms with van der Waals surface area (Å²) in [5.41, 5.74) is -0.281. The summed E-state index contributed by atoms with van der Waals surface area (Å²) < 4.78 is 5.56. The van der Waals surface area contributed by atoms with Crippen LogP contribution in [0.5, 0.6) is 5.75 Å². The molecule has 0 saturated carbocycles. The number of hydrogen-bond donors (Lipinski definition) is 2. The van der Waals surface area contributed by atoms with Gasteiger partial charge in [-0.2, -0.15) is 0 Å². The van der Waals surface area contributed by atoms with Crippen molar-refractivity contribution in [2.24, 2.45) is 5.41 Å². The molecule has 4 nitrogen and oxygen atoms in total. The van der Waals surface area contributed by atoms with Gasteiger partial charge in [0.2, 0.25) is 5.91 Å². The maximum atomic E-state index is 11.8. The van der Waals surface area contributed by atoms with E-state index in [2.05, 4.69) is 10.6 Å². The van der Waals surface area contributed by atoms with Gasteiger partial charge in [0.15, 0.2) is 0 Å². The molecule has 0 aliphatic carbocycles. The van der Waals surface area contributed by atoms with Crippen LogP contribution in [0.15, 0.2) is 30.3 Å². The minimum absolute atomic E-state index is 0.113. The van der Waals surface area contributed by atoms with Gasteiger partial charge in [-0.1, -0.05) is 39.0 Å². The van der Waals surface area contributed by atoms with Crippen molar-refractivity contribution < 1.29 is 9.53 Å². The molecule has 0 radical (unpaired) electrons. The zero-order valence-electron chi connectivity index (χ0n) is 12.7. The Bertz CT molecular complexity index is 391. The van der Waals surface area contributed by atoms with Gasteiger partial charge in [0, 0.05) is 25.0 Å². The molecule has 1 rings (SSSR count). The zero-order chi connectivity index (χ0) is 14.8. The summed E-state index contributed by atoms with van der Waals surface area (Å²) in [6.07, 6.45) is 0.844. The van der Waals surface area contributed by atoms with Gasteiger partial charge in [-0.3, -0.25) is 4.79 Å². The van der Waals surface area contributed by atoms with Crippen LogP contribution in [-0.2, 0) is 4.79 Å². The molecule has 0 spiro atoms. The van der Waals surface area contributed by atoms with Crippen LogP contribution in [0.3, 0.4) is 0 Å². The molecule has 0 atom stereocenters. The molecular weight excluding hydrogens is 252 g/mol. The fraction of sp³-hybridized carbons (Fsp3) is 0.562. The van der Waals surface area contributed by atoms with E-state index in [0.29, 0.717) is 13.2 Å². The van der Waals surface area contributed by atoms with Crippen LogP contribution in [0, 0.1) is 5.41 Å². The molecule has 0 bridgehead atoms. The van der Waals surface area contributed by atoms with Gasteiger partial charge in [-0.15, -0.1) is 0 Å². The van der Waals surface area contributed by atoms with E-state index in [1.807, 2.05) is 51.1 Å². The van der Waals surface area contributed by atoms with Crippen LogP contribution in [0.4, 0.5) is 0 Å². The molecule has 1 aromatic carbocycles. The minimum Gasteiger partial charge on any atom is -0.492 e. The third kappa shape index (κ3) is 6.06. The molecule has 112 valence electrons. The first-order valence-electron chi connectivity index (χ1n) is 7.23. The largest absolute Gasteiger partial charge is 0.492 e. The van der Waals surface area contributed by atoms with Crippen LogP contribution in [0.1, 0.15) is 27.2 Å². The molecule has 0 saturated heterocycles. The Hall–Kier alpha value is -1.55. The first-order chi connectivity index (χ1) is 9.56.